The second kappa shape index (κ2) is 5.98. The third kappa shape index (κ3) is 3.13. The van der Waals surface area contributed by atoms with Crippen LogP contribution < -0.4 is 0 Å². The number of aromatic carboxylic acids is 1. The number of carboxylic acid groups (broad SMARTS) is 1. The summed E-state index contributed by atoms with van der Waals surface area (Å²) < 4.78 is 0. The summed E-state index contributed by atoms with van der Waals surface area (Å²) in [4.78, 5) is 28.8. The van der Waals surface area contributed by atoms with Gasteiger partial charge in [-0.1, -0.05) is 0 Å². The molecule has 9 heteroatoms. The largest absolute Gasteiger partial charge is 0.478 e. The van der Waals surface area contributed by atoms with Crippen LogP contribution in [0.15, 0.2) is 40.6 Å². The third-order valence-corrected chi connectivity index (χ3v) is 3.40. The van der Waals surface area contributed by atoms with Crippen molar-refractivity contribution in [3.8, 4) is 6.07 Å². The van der Waals surface area contributed by atoms with E-state index in [0.29, 0.717) is 0 Å². The first-order chi connectivity index (χ1) is 10.0. The third-order valence-electron chi connectivity index (χ3n) is 2.36. The van der Waals surface area contributed by atoms with Gasteiger partial charge in [0.25, 0.3) is 5.69 Å². The van der Waals surface area contributed by atoms with Crippen molar-refractivity contribution < 1.29 is 14.8 Å². The average molecular weight is 302 g/mol. The van der Waals surface area contributed by atoms with Gasteiger partial charge in [-0.2, -0.15) is 5.26 Å². The second-order valence-corrected chi connectivity index (χ2v) is 4.66. The highest BCUT2D eigenvalue weighted by molar-refractivity contribution is 7.99. The van der Waals surface area contributed by atoms with E-state index in [1.54, 1.807) is 6.07 Å². The van der Waals surface area contributed by atoms with Crippen LogP contribution in [0.1, 0.15) is 15.9 Å². The summed E-state index contributed by atoms with van der Waals surface area (Å²) in [5.41, 5.74) is -0.363. The summed E-state index contributed by atoms with van der Waals surface area (Å²) >= 11 is 0.866. The van der Waals surface area contributed by atoms with E-state index in [9.17, 15) is 14.9 Å². The zero-order valence-corrected chi connectivity index (χ0v) is 11.1. The molecule has 0 aliphatic heterocycles. The zero-order valence-electron chi connectivity index (χ0n) is 10.3. The predicted octanol–water partition coefficient (Wildman–Crippen LogP) is 2.11. The number of carboxylic acids is 1. The van der Waals surface area contributed by atoms with Crippen LogP contribution in [0, 0.1) is 21.4 Å². The fourth-order valence-corrected chi connectivity index (χ4v) is 2.31. The normalized spacial score (nSPS) is 9.86. The molecule has 0 aliphatic carbocycles. The van der Waals surface area contributed by atoms with Crippen LogP contribution in [-0.4, -0.2) is 26.0 Å². The first kappa shape index (κ1) is 14.4. The molecule has 2 aromatic rings. The van der Waals surface area contributed by atoms with Crippen molar-refractivity contribution in [3.05, 3.63) is 51.8 Å². The number of rotatable bonds is 4. The fraction of sp³-hybridized carbons (Fsp3) is 0. The van der Waals surface area contributed by atoms with E-state index in [-0.39, 0.29) is 26.9 Å². The van der Waals surface area contributed by atoms with Crippen molar-refractivity contribution in [2.75, 3.05) is 0 Å². The number of aromatic nitrogens is 2. The molecule has 0 amide bonds. The molecule has 104 valence electrons. The Morgan fingerprint density at radius 2 is 2.19 bits per heavy atom. The fourth-order valence-electron chi connectivity index (χ4n) is 1.43. The molecule has 0 saturated carbocycles. The standard InChI is InChI=1S/C12H6N4O4S/c13-5-7-4-8(16(19)20)6-15-10(7)21-11-9(12(17)18)2-1-3-14-11/h1-4,6H,(H,17,18). The van der Waals surface area contributed by atoms with E-state index >= 15 is 0 Å². The molecule has 0 saturated heterocycles. The van der Waals surface area contributed by atoms with Crippen molar-refractivity contribution in [2.45, 2.75) is 10.1 Å². The lowest BCUT2D eigenvalue weighted by Gasteiger charge is -2.04. The first-order valence-electron chi connectivity index (χ1n) is 5.43. The number of carbonyl (C=O) groups is 1. The van der Waals surface area contributed by atoms with E-state index in [1.165, 1.54) is 18.3 Å². The minimum atomic E-state index is -1.16. The summed E-state index contributed by atoms with van der Waals surface area (Å²) in [6.45, 7) is 0. The molecule has 2 heterocycles. The van der Waals surface area contributed by atoms with Gasteiger partial charge in [0.1, 0.15) is 22.3 Å². The molecule has 0 radical (unpaired) electrons. The molecule has 2 aromatic heterocycles. The summed E-state index contributed by atoms with van der Waals surface area (Å²) in [5.74, 6) is -1.16. The number of pyridine rings is 2. The molecule has 0 atom stereocenters. The van der Waals surface area contributed by atoms with Crippen LogP contribution in [-0.2, 0) is 0 Å². The first-order valence-corrected chi connectivity index (χ1v) is 6.25. The van der Waals surface area contributed by atoms with E-state index in [1.807, 2.05) is 0 Å². The highest BCUT2D eigenvalue weighted by atomic mass is 32.2. The van der Waals surface area contributed by atoms with Gasteiger partial charge in [-0.15, -0.1) is 0 Å². The predicted molar refractivity (Wildman–Crippen MR) is 70.9 cm³/mol. The molecule has 0 bridgehead atoms. The van der Waals surface area contributed by atoms with Gasteiger partial charge >= 0.3 is 5.97 Å². The topological polar surface area (TPSA) is 130 Å². The van der Waals surface area contributed by atoms with Crippen LogP contribution in [0.4, 0.5) is 5.69 Å². The number of nitrogens with zero attached hydrogens (tertiary/aromatic N) is 4. The summed E-state index contributed by atoms with van der Waals surface area (Å²) in [5, 5.41) is 29.0. The Labute approximate surface area is 122 Å². The number of hydrogen-bond donors (Lipinski definition) is 1. The monoisotopic (exact) mass is 302 g/mol. The Balaban J connectivity index is 2.43. The molecule has 8 nitrogen and oxygen atoms in total. The second-order valence-electron chi connectivity index (χ2n) is 3.68. The highest BCUT2D eigenvalue weighted by Gasteiger charge is 2.17. The van der Waals surface area contributed by atoms with E-state index in [4.69, 9.17) is 10.4 Å². The van der Waals surface area contributed by atoms with Gasteiger partial charge in [0.2, 0.25) is 0 Å². The van der Waals surface area contributed by atoms with Gasteiger partial charge in [-0.3, -0.25) is 10.1 Å². The van der Waals surface area contributed by atoms with Crippen molar-refractivity contribution in [1.29, 1.82) is 5.26 Å². The van der Waals surface area contributed by atoms with Crippen molar-refractivity contribution in [3.63, 3.8) is 0 Å². The Hall–Kier alpha value is -2.99. The zero-order chi connectivity index (χ0) is 15.4. The molecular formula is C12H6N4O4S. The minimum Gasteiger partial charge on any atom is -0.478 e. The Bertz CT molecular complexity index is 772. The maximum atomic E-state index is 11.1. The maximum Gasteiger partial charge on any atom is 0.338 e. The van der Waals surface area contributed by atoms with Gasteiger partial charge in [0.15, 0.2) is 0 Å². The summed E-state index contributed by atoms with van der Waals surface area (Å²) in [6, 6.07) is 5.72. The molecule has 0 fully saturated rings. The average Bonchev–Trinajstić information content (AvgIpc) is 2.47. The molecule has 0 unspecified atom stereocenters. The highest BCUT2D eigenvalue weighted by Crippen LogP contribution is 2.30. The lowest BCUT2D eigenvalue weighted by Crippen LogP contribution is -2.01. The van der Waals surface area contributed by atoms with E-state index in [2.05, 4.69) is 9.97 Å². The molecule has 0 aliphatic rings. The van der Waals surface area contributed by atoms with Crippen LogP contribution in [0.5, 0.6) is 0 Å². The number of nitriles is 1. The van der Waals surface area contributed by atoms with Gasteiger partial charge in [0, 0.05) is 12.3 Å². The van der Waals surface area contributed by atoms with Gasteiger partial charge in [0.05, 0.1) is 16.1 Å². The van der Waals surface area contributed by atoms with Crippen molar-refractivity contribution in [1.82, 2.24) is 9.97 Å². The molecule has 1 N–H and O–H groups in total. The minimum absolute atomic E-state index is 0.0174. The summed E-state index contributed by atoms with van der Waals surface area (Å²) in [7, 11) is 0. The number of nitro groups is 1. The lowest BCUT2D eigenvalue weighted by atomic mass is 10.3. The molecule has 0 spiro atoms. The van der Waals surface area contributed by atoms with Gasteiger partial charge < -0.3 is 5.11 Å². The maximum absolute atomic E-state index is 11.1. The smallest absolute Gasteiger partial charge is 0.338 e. The molecule has 0 aromatic carbocycles. The van der Waals surface area contributed by atoms with Crippen molar-refractivity contribution >= 4 is 23.4 Å². The summed E-state index contributed by atoms with van der Waals surface area (Å²) in [6.07, 6.45) is 2.42. The Morgan fingerprint density at radius 1 is 1.43 bits per heavy atom. The quantitative estimate of drug-likeness (QED) is 0.671. The molecular weight excluding hydrogens is 296 g/mol. The van der Waals surface area contributed by atoms with E-state index in [0.717, 1.165) is 24.0 Å². The van der Waals surface area contributed by atoms with Crippen LogP contribution >= 0.6 is 11.8 Å². The Morgan fingerprint density at radius 3 is 2.81 bits per heavy atom. The SMILES string of the molecule is N#Cc1cc([N+](=O)[O-])cnc1Sc1ncccc1C(=O)O. The van der Waals surface area contributed by atoms with E-state index < -0.39 is 10.9 Å². The van der Waals surface area contributed by atoms with Crippen LogP contribution in [0.2, 0.25) is 0 Å². The number of hydrogen-bond acceptors (Lipinski definition) is 7. The molecule has 2 rings (SSSR count). The van der Waals surface area contributed by atoms with Gasteiger partial charge in [-0.25, -0.2) is 14.8 Å². The van der Waals surface area contributed by atoms with Gasteiger partial charge in [-0.05, 0) is 23.9 Å². The van der Waals surface area contributed by atoms with Crippen LogP contribution in [0.3, 0.4) is 0 Å². The lowest BCUT2D eigenvalue weighted by molar-refractivity contribution is -0.385. The molecule has 21 heavy (non-hydrogen) atoms. The Kier molecular flexibility index (Phi) is 4.10. The van der Waals surface area contributed by atoms with Crippen molar-refractivity contribution in [2.24, 2.45) is 0 Å². The van der Waals surface area contributed by atoms with Crippen LogP contribution in [0.25, 0.3) is 0 Å².